The maximum Gasteiger partial charge on any atom is 0.407 e. The van der Waals surface area contributed by atoms with Gasteiger partial charge in [0.05, 0.1) is 0 Å². The van der Waals surface area contributed by atoms with Gasteiger partial charge in [-0.3, -0.25) is 0 Å². The predicted octanol–water partition coefficient (Wildman–Crippen LogP) is 3.09. The van der Waals surface area contributed by atoms with Crippen molar-refractivity contribution in [3.8, 4) is 0 Å². The largest absolute Gasteiger partial charge is 0.444 e. The molecule has 1 saturated carbocycles. The van der Waals surface area contributed by atoms with Crippen molar-refractivity contribution in [2.75, 3.05) is 0 Å². The van der Waals surface area contributed by atoms with Gasteiger partial charge in [-0.05, 0) is 46.5 Å². The molecular formula is C13H21N3O2S. The number of hydrogen-bond donors (Lipinski definition) is 1. The lowest BCUT2D eigenvalue weighted by Crippen LogP contribution is -2.40. The lowest BCUT2D eigenvalue weighted by Gasteiger charge is -2.29. The molecule has 1 heterocycles. The third-order valence-electron chi connectivity index (χ3n) is 3.17. The molecule has 1 aromatic heterocycles. The summed E-state index contributed by atoms with van der Waals surface area (Å²) in [6, 6.07) is 0.221. The summed E-state index contributed by atoms with van der Waals surface area (Å²) >= 11 is 1.62. The van der Waals surface area contributed by atoms with E-state index in [4.69, 9.17) is 4.74 Å². The Morgan fingerprint density at radius 1 is 1.37 bits per heavy atom. The number of amides is 1. The molecular weight excluding hydrogens is 262 g/mol. The van der Waals surface area contributed by atoms with Gasteiger partial charge in [0, 0.05) is 12.0 Å². The van der Waals surface area contributed by atoms with Crippen LogP contribution in [-0.2, 0) is 4.74 Å². The molecule has 0 aliphatic heterocycles. The van der Waals surface area contributed by atoms with E-state index in [0.29, 0.717) is 5.92 Å². The normalized spacial score (nSPS) is 23.9. The van der Waals surface area contributed by atoms with E-state index < -0.39 is 5.60 Å². The monoisotopic (exact) mass is 283 g/mol. The molecule has 0 spiro atoms. The van der Waals surface area contributed by atoms with Gasteiger partial charge >= 0.3 is 6.09 Å². The minimum atomic E-state index is -0.437. The minimum Gasteiger partial charge on any atom is -0.444 e. The fourth-order valence-corrected chi connectivity index (χ4v) is 3.04. The molecule has 19 heavy (non-hydrogen) atoms. The maximum absolute atomic E-state index is 11.7. The molecule has 1 aliphatic rings. The standard InChI is InChI=1S/C13H21N3O2S/c1-13(2,3)18-12(17)15-10-6-4-9(5-7-10)11-16-14-8-19-11/h8-10H,4-7H2,1-3H3,(H,15,17)/t9-,10-. The number of carbonyl (C=O) groups excluding carboxylic acids is 1. The van der Waals surface area contributed by atoms with Crippen LogP contribution in [0.2, 0.25) is 0 Å². The van der Waals surface area contributed by atoms with Gasteiger partial charge in [0.1, 0.15) is 16.1 Å². The molecule has 0 unspecified atom stereocenters. The Morgan fingerprint density at radius 3 is 2.58 bits per heavy atom. The van der Waals surface area contributed by atoms with Gasteiger partial charge < -0.3 is 10.1 Å². The third-order valence-corrected chi connectivity index (χ3v) is 4.03. The second-order valence-electron chi connectivity index (χ2n) is 5.97. The number of aromatic nitrogens is 2. The summed E-state index contributed by atoms with van der Waals surface area (Å²) in [5, 5.41) is 12.1. The Labute approximate surface area is 117 Å². The average Bonchev–Trinajstić information content (AvgIpc) is 2.80. The lowest BCUT2D eigenvalue weighted by atomic mass is 9.86. The van der Waals surface area contributed by atoms with Gasteiger partial charge in [-0.1, -0.05) is 0 Å². The molecule has 0 saturated heterocycles. The van der Waals surface area contributed by atoms with Crippen LogP contribution < -0.4 is 5.32 Å². The van der Waals surface area contributed by atoms with E-state index in [0.717, 1.165) is 30.7 Å². The van der Waals surface area contributed by atoms with E-state index in [1.54, 1.807) is 16.8 Å². The summed E-state index contributed by atoms with van der Waals surface area (Å²) in [6.45, 7) is 5.62. The fourth-order valence-electron chi connectivity index (χ4n) is 2.32. The highest BCUT2D eigenvalue weighted by Gasteiger charge is 2.26. The smallest absolute Gasteiger partial charge is 0.407 e. The van der Waals surface area contributed by atoms with Crippen LogP contribution in [0.4, 0.5) is 4.79 Å². The van der Waals surface area contributed by atoms with Crippen molar-refractivity contribution in [1.29, 1.82) is 0 Å². The van der Waals surface area contributed by atoms with Crippen molar-refractivity contribution >= 4 is 17.4 Å². The van der Waals surface area contributed by atoms with Crippen LogP contribution in [-0.4, -0.2) is 27.9 Å². The van der Waals surface area contributed by atoms with Crippen LogP contribution in [0.5, 0.6) is 0 Å². The number of carbonyl (C=O) groups is 1. The molecule has 5 nitrogen and oxygen atoms in total. The van der Waals surface area contributed by atoms with E-state index in [2.05, 4.69) is 15.5 Å². The first kappa shape index (κ1) is 14.2. The van der Waals surface area contributed by atoms with Gasteiger partial charge in [-0.25, -0.2) is 4.79 Å². The second-order valence-corrected chi connectivity index (χ2v) is 6.84. The lowest BCUT2D eigenvalue weighted by molar-refractivity contribution is 0.0491. The highest BCUT2D eigenvalue weighted by molar-refractivity contribution is 7.09. The molecule has 0 radical (unpaired) electrons. The van der Waals surface area contributed by atoms with Gasteiger partial charge in [-0.2, -0.15) is 0 Å². The zero-order valence-electron chi connectivity index (χ0n) is 11.7. The first-order chi connectivity index (χ1) is 8.94. The van der Waals surface area contributed by atoms with E-state index in [1.165, 1.54) is 0 Å². The number of nitrogens with zero attached hydrogens (tertiary/aromatic N) is 2. The first-order valence-corrected chi connectivity index (χ1v) is 7.57. The molecule has 0 aromatic carbocycles. The van der Waals surface area contributed by atoms with Crippen LogP contribution in [0.25, 0.3) is 0 Å². The molecule has 1 aromatic rings. The van der Waals surface area contributed by atoms with Gasteiger partial charge in [-0.15, -0.1) is 21.5 Å². The Morgan fingerprint density at radius 2 is 2.05 bits per heavy atom. The van der Waals surface area contributed by atoms with E-state index >= 15 is 0 Å². The van der Waals surface area contributed by atoms with Crippen LogP contribution in [0.1, 0.15) is 57.4 Å². The summed E-state index contributed by atoms with van der Waals surface area (Å²) < 4.78 is 5.27. The van der Waals surface area contributed by atoms with E-state index in [1.807, 2.05) is 20.8 Å². The molecule has 1 fully saturated rings. The topological polar surface area (TPSA) is 64.1 Å². The van der Waals surface area contributed by atoms with Crippen LogP contribution in [0.3, 0.4) is 0 Å². The minimum absolute atomic E-state index is 0.221. The number of nitrogens with one attached hydrogen (secondary N) is 1. The number of alkyl carbamates (subject to hydrolysis) is 1. The number of ether oxygens (including phenoxy) is 1. The molecule has 0 atom stereocenters. The van der Waals surface area contributed by atoms with E-state index in [9.17, 15) is 4.79 Å². The first-order valence-electron chi connectivity index (χ1n) is 6.69. The van der Waals surface area contributed by atoms with Crippen molar-refractivity contribution in [3.05, 3.63) is 10.5 Å². The zero-order chi connectivity index (χ0) is 13.9. The summed E-state index contributed by atoms with van der Waals surface area (Å²) in [5.41, 5.74) is 1.34. The van der Waals surface area contributed by atoms with Crippen molar-refractivity contribution in [2.24, 2.45) is 0 Å². The third kappa shape index (κ3) is 4.45. The fraction of sp³-hybridized carbons (Fsp3) is 0.769. The van der Waals surface area contributed by atoms with Gasteiger partial charge in [0.25, 0.3) is 0 Å². The highest BCUT2D eigenvalue weighted by Crippen LogP contribution is 2.33. The van der Waals surface area contributed by atoms with Crippen molar-refractivity contribution in [2.45, 2.75) is 64.0 Å². The zero-order valence-corrected chi connectivity index (χ0v) is 12.5. The van der Waals surface area contributed by atoms with Crippen LogP contribution >= 0.6 is 11.3 Å². The summed E-state index contributed by atoms with van der Waals surface area (Å²) in [6.07, 6.45) is 3.74. The Kier molecular flexibility index (Phi) is 4.39. The summed E-state index contributed by atoms with van der Waals surface area (Å²) in [5.74, 6) is 0.504. The quantitative estimate of drug-likeness (QED) is 0.906. The SMILES string of the molecule is CC(C)(C)OC(=O)N[C@H]1CC[C@H](c2nncs2)CC1. The second kappa shape index (κ2) is 5.86. The number of rotatable bonds is 2. The summed E-state index contributed by atoms with van der Waals surface area (Å²) in [7, 11) is 0. The molecule has 2 rings (SSSR count). The van der Waals surface area contributed by atoms with Crippen LogP contribution in [0.15, 0.2) is 5.51 Å². The maximum atomic E-state index is 11.7. The highest BCUT2D eigenvalue weighted by atomic mass is 32.1. The number of hydrogen-bond acceptors (Lipinski definition) is 5. The molecule has 0 bridgehead atoms. The van der Waals surface area contributed by atoms with Gasteiger partial charge in [0.15, 0.2) is 0 Å². The Hall–Kier alpha value is -1.17. The molecule has 1 amide bonds. The van der Waals surface area contributed by atoms with Crippen LogP contribution in [0, 0.1) is 0 Å². The van der Waals surface area contributed by atoms with Gasteiger partial charge in [0.2, 0.25) is 0 Å². The molecule has 1 N–H and O–H groups in total. The van der Waals surface area contributed by atoms with Crippen molar-refractivity contribution in [3.63, 3.8) is 0 Å². The predicted molar refractivity (Wildman–Crippen MR) is 74.3 cm³/mol. The average molecular weight is 283 g/mol. The Balaban J connectivity index is 1.76. The molecule has 106 valence electrons. The van der Waals surface area contributed by atoms with Crippen molar-refractivity contribution < 1.29 is 9.53 Å². The molecule has 6 heteroatoms. The molecule has 1 aliphatic carbocycles. The van der Waals surface area contributed by atoms with E-state index in [-0.39, 0.29) is 12.1 Å². The Bertz CT molecular complexity index is 406. The summed E-state index contributed by atoms with van der Waals surface area (Å²) in [4.78, 5) is 11.7. The van der Waals surface area contributed by atoms with Crippen molar-refractivity contribution in [1.82, 2.24) is 15.5 Å².